The van der Waals surface area contributed by atoms with Crippen LogP contribution in [-0.4, -0.2) is 16.5 Å². The molecule has 1 aromatic heterocycles. The molecule has 1 aromatic rings. The number of rotatable bonds is 3. The summed E-state index contributed by atoms with van der Waals surface area (Å²) >= 11 is 0. The van der Waals surface area contributed by atoms with Gasteiger partial charge in [0.25, 0.3) is 0 Å². The van der Waals surface area contributed by atoms with Crippen molar-refractivity contribution in [2.45, 2.75) is 26.4 Å². The standard InChI is InChI=1S/C9H11F3N2O2/c1-5-3-14-8(16-9(10,11)12)6(2-13)7(5)4-15/h3,15H,2,4,13H2,1H3. The Hall–Kier alpha value is -1.34. The Labute approximate surface area is 89.9 Å². The molecular formula is C9H11F3N2O2. The number of hydrogen-bond donors (Lipinski definition) is 2. The molecule has 0 spiro atoms. The van der Waals surface area contributed by atoms with Gasteiger partial charge >= 0.3 is 6.36 Å². The van der Waals surface area contributed by atoms with E-state index in [1.165, 1.54) is 6.20 Å². The number of nitrogens with zero attached hydrogens (tertiary/aromatic N) is 1. The molecule has 0 atom stereocenters. The number of aliphatic hydroxyl groups is 1. The number of aromatic nitrogens is 1. The smallest absolute Gasteiger partial charge is 0.392 e. The van der Waals surface area contributed by atoms with Crippen molar-refractivity contribution in [3.05, 3.63) is 22.9 Å². The van der Waals surface area contributed by atoms with Gasteiger partial charge in [-0.05, 0) is 18.1 Å². The van der Waals surface area contributed by atoms with Crippen LogP contribution < -0.4 is 10.5 Å². The van der Waals surface area contributed by atoms with E-state index in [1.54, 1.807) is 6.92 Å². The van der Waals surface area contributed by atoms with Gasteiger partial charge in [-0.3, -0.25) is 0 Å². The number of ether oxygens (including phenoxy) is 1. The van der Waals surface area contributed by atoms with Gasteiger partial charge in [-0.25, -0.2) is 4.98 Å². The zero-order valence-corrected chi connectivity index (χ0v) is 8.51. The second kappa shape index (κ2) is 4.67. The van der Waals surface area contributed by atoms with Crippen LogP contribution in [0.15, 0.2) is 6.20 Å². The van der Waals surface area contributed by atoms with E-state index in [1.807, 2.05) is 0 Å². The quantitative estimate of drug-likeness (QED) is 0.828. The number of hydrogen-bond acceptors (Lipinski definition) is 4. The first-order valence-electron chi connectivity index (χ1n) is 4.43. The highest BCUT2D eigenvalue weighted by Gasteiger charge is 2.33. The first kappa shape index (κ1) is 12.7. The van der Waals surface area contributed by atoms with E-state index < -0.39 is 18.8 Å². The van der Waals surface area contributed by atoms with Crippen LogP contribution in [0, 0.1) is 6.92 Å². The molecule has 0 aliphatic rings. The minimum atomic E-state index is -4.82. The Kier molecular flexibility index (Phi) is 3.71. The molecule has 0 aliphatic heterocycles. The lowest BCUT2D eigenvalue weighted by atomic mass is 10.1. The summed E-state index contributed by atoms with van der Waals surface area (Å²) in [6.07, 6.45) is -3.62. The van der Waals surface area contributed by atoms with Crippen LogP contribution in [0.3, 0.4) is 0 Å². The average molecular weight is 236 g/mol. The molecule has 4 nitrogen and oxygen atoms in total. The normalized spacial score (nSPS) is 11.6. The highest BCUT2D eigenvalue weighted by Crippen LogP contribution is 2.27. The molecule has 0 aliphatic carbocycles. The molecule has 16 heavy (non-hydrogen) atoms. The van der Waals surface area contributed by atoms with Crippen LogP contribution in [0.1, 0.15) is 16.7 Å². The Morgan fingerprint density at radius 3 is 2.50 bits per heavy atom. The summed E-state index contributed by atoms with van der Waals surface area (Å²) in [7, 11) is 0. The van der Waals surface area contributed by atoms with Crippen molar-refractivity contribution in [1.82, 2.24) is 4.98 Å². The fourth-order valence-electron chi connectivity index (χ4n) is 1.31. The molecule has 1 heterocycles. The minimum absolute atomic E-state index is 0.0693. The van der Waals surface area contributed by atoms with Gasteiger partial charge in [0.15, 0.2) is 0 Å². The molecule has 0 amide bonds. The fourth-order valence-corrected chi connectivity index (χ4v) is 1.31. The number of halogens is 3. The lowest BCUT2D eigenvalue weighted by Crippen LogP contribution is -2.20. The van der Waals surface area contributed by atoms with Crippen LogP contribution >= 0.6 is 0 Å². The largest absolute Gasteiger partial charge is 0.574 e. The average Bonchev–Trinajstić information content (AvgIpc) is 2.18. The fraction of sp³-hybridized carbons (Fsp3) is 0.444. The second-order valence-corrected chi connectivity index (χ2v) is 3.11. The molecular weight excluding hydrogens is 225 g/mol. The predicted octanol–water partition coefficient (Wildman–Crippen LogP) is 1.24. The maximum atomic E-state index is 12.0. The maximum Gasteiger partial charge on any atom is 0.574 e. The van der Waals surface area contributed by atoms with Gasteiger partial charge in [-0.2, -0.15) is 0 Å². The minimum Gasteiger partial charge on any atom is -0.392 e. The van der Waals surface area contributed by atoms with Crippen molar-refractivity contribution in [2.24, 2.45) is 5.73 Å². The Morgan fingerprint density at radius 1 is 1.44 bits per heavy atom. The Bertz CT molecular complexity index is 380. The van der Waals surface area contributed by atoms with Gasteiger partial charge in [0.05, 0.1) is 6.61 Å². The molecule has 0 aromatic carbocycles. The molecule has 7 heteroatoms. The number of nitrogens with two attached hydrogens (primary N) is 1. The summed E-state index contributed by atoms with van der Waals surface area (Å²) < 4.78 is 39.8. The van der Waals surface area contributed by atoms with Crippen molar-refractivity contribution < 1.29 is 23.0 Å². The van der Waals surface area contributed by atoms with E-state index in [9.17, 15) is 13.2 Å². The van der Waals surface area contributed by atoms with Crippen LogP contribution in [0.5, 0.6) is 5.88 Å². The van der Waals surface area contributed by atoms with E-state index in [2.05, 4.69) is 9.72 Å². The lowest BCUT2D eigenvalue weighted by Gasteiger charge is -2.15. The summed E-state index contributed by atoms with van der Waals surface area (Å²) in [5, 5.41) is 9.03. The number of aliphatic hydroxyl groups excluding tert-OH is 1. The summed E-state index contributed by atoms with van der Waals surface area (Å²) in [5.74, 6) is -0.607. The van der Waals surface area contributed by atoms with Gasteiger partial charge in [0.2, 0.25) is 5.88 Å². The summed E-state index contributed by atoms with van der Waals surface area (Å²) in [5.41, 5.74) is 6.27. The third-order valence-electron chi connectivity index (χ3n) is 2.05. The highest BCUT2D eigenvalue weighted by molar-refractivity contribution is 5.39. The van der Waals surface area contributed by atoms with Crippen molar-refractivity contribution in [3.63, 3.8) is 0 Å². The van der Waals surface area contributed by atoms with Crippen molar-refractivity contribution in [3.8, 4) is 5.88 Å². The zero-order chi connectivity index (χ0) is 12.3. The first-order valence-corrected chi connectivity index (χ1v) is 4.43. The zero-order valence-electron chi connectivity index (χ0n) is 8.51. The van der Waals surface area contributed by atoms with E-state index in [4.69, 9.17) is 10.8 Å². The van der Waals surface area contributed by atoms with Gasteiger partial charge in [-0.1, -0.05) is 0 Å². The topological polar surface area (TPSA) is 68.4 Å². The Balaban J connectivity index is 3.19. The third-order valence-corrected chi connectivity index (χ3v) is 2.05. The molecule has 3 N–H and O–H groups in total. The highest BCUT2D eigenvalue weighted by atomic mass is 19.4. The molecule has 0 unspecified atom stereocenters. The summed E-state index contributed by atoms with van der Waals surface area (Å²) in [6, 6.07) is 0. The van der Waals surface area contributed by atoms with Crippen LogP contribution in [0.2, 0.25) is 0 Å². The maximum absolute atomic E-state index is 12.0. The van der Waals surface area contributed by atoms with Gasteiger partial charge in [0, 0.05) is 18.3 Å². The number of alkyl halides is 3. The summed E-state index contributed by atoms with van der Waals surface area (Å²) in [6.45, 7) is 1.03. The molecule has 0 fully saturated rings. The monoisotopic (exact) mass is 236 g/mol. The molecule has 0 saturated carbocycles. The van der Waals surface area contributed by atoms with E-state index >= 15 is 0 Å². The second-order valence-electron chi connectivity index (χ2n) is 3.11. The van der Waals surface area contributed by atoms with E-state index in [-0.39, 0.29) is 12.1 Å². The van der Waals surface area contributed by atoms with Crippen LogP contribution in [0.4, 0.5) is 13.2 Å². The number of aryl methyl sites for hydroxylation is 1. The Morgan fingerprint density at radius 2 is 2.06 bits per heavy atom. The van der Waals surface area contributed by atoms with Crippen LogP contribution in [0.25, 0.3) is 0 Å². The molecule has 0 radical (unpaired) electrons. The number of pyridine rings is 1. The van der Waals surface area contributed by atoms with Crippen molar-refractivity contribution in [1.29, 1.82) is 0 Å². The molecule has 90 valence electrons. The molecule has 0 saturated heterocycles. The van der Waals surface area contributed by atoms with E-state index in [0.717, 1.165) is 0 Å². The van der Waals surface area contributed by atoms with Crippen LogP contribution in [-0.2, 0) is 13.2 Å². The van der Waals surface area contributed by atoms with Gasteiger partial charge < -0.3 is 15.6 Å². The lowest BCUT2D eigenvalue weighted by molar-refractivity contribution is -0.276. The van der Waals surface area contributed by atoms with Gasteiger partial charge in [-0.15, -0.1) is 13.2 Å². The predicted molar refractivity (Wildman–Crippen MR) is 49.5 cm³/mol. The SMILES string of the molecule is Cc1cnc(OC(F)(F)F)c(CN)c1CO. The molecule has 1 rings (SSSR count). The van der Waals surface area contributed by atoms with Crippen molar-refractivity contribution >= 4 is 0 Å². The summed E-state index contributed by atoms with van der Waals surface area (Å²) in [4.78, 5) is 3.51. The van der Waals surface area contributed by atoms with E-state index in [0.29, 0.717) is 11.1 Å². The van der Waals surface area contributed by atoms with Gasteiger partial charge in [0.1, 0.15) is 0 Å². The third kappa shape index (κ3) is 2.83. The van der Waals surface area contributed by atoms with Crippen molar-refractivity contribution in [2.75, 3.05) is 0 Å². The molecule has 0 bridgehead atoms. The first-order chi connectivity index (χ1) is 7.39.